The lowest BCUT2D eigenvalue weighted by molar-refractivity contribution is 0.334. The molecule has 3 heteroatoms. The Bertz CT molecular complexity index is 302. The van der Waals surface area contributed by atoms with Crippen molar-refractivity contribution < 1.29 is 4.74 Å². The monoisotopic (exact) mass is 222 g/mol. The number of likely N-dealkylation sites (N-methyl/N-ethyl adjacent to an activating group) is 1. The van der Waals surface area contributed by atoms with E-state index in [-0.39, 0.29) is 0 Å². The summed E-state index contributed by atoms with van der Waals surface area (Å²) in [4.78, 5) is 0. The van der Waals surface area contributed by atoms with Crippen LogP contribution in [-0.4, -0.2) is 26.2 Å². The zero-order chi connectivity index (χ0) is 11.8. The fourth-order valence-corrected chi connectivity index (χ4v) is 1.61. The van der Waals surface area contributed by atoms with Gasteiger partial charge in [0.05, 0.1) is 6.61 Å². The highest BCUT2D eigenvalue weighted by Gasteiger charge is 2.04. The number of para-hydroxylation sites is 1. The van der Waals surface area contributed by atoms with Crippen LogP contribution in [0.2, 0.25) is 0 Å². The molecule has 3 nitrogen and oxygen atoms in total. The van der Waals surface area contributed by atoms with Crippen LogP contribution < -0.4 is 15.4 Å². The Hall–Kier alpha value is -1.06. The molecule has 0 aliphatic heterocycles. The van der Waals surface area contributed by atoms with Crippen molar-refractivity contribution in [2.24, 2.45) is 0 Å². The van der Waals surface area contributed by atoms with E-state index in [0.717, 1.165) is 18.8 Å². The molecule has 0 saturated carbocycles. The van der Waals surface area contributed by atoms with Crippen LogP contribution in [0.25, 0.3) is 0 Å². The average Bonchev–Trinajstić information content (AvgIpc) is 2.29. The second kappa shape index (κ2) is 7.25. The molecule has 1 aromatic rings. The van der Waals surface area contributed by atoms with Crippen molar-refractivity contribution in [3.63, 3.8) is 0 Å². The smallest absolute Gasteiger partial charge is 0.123 e. The number of rotatable bonds is 7. The Kier molecular flexibility index (Phi) is 5.90. The molecule has 0 aliphatic rings. The van der Waals surface area contributed by atoms with E-state index in [2.05, 4.69) is 23.6 Å². The van der Waals surface area contributed by atoms with Gasteiger partial charge in [-0.3, -0.25) is 0 Å². The van der Waals surface area contributed by atoms with Crippen molar-refractivity contribution in [1.29, 1.82) is 0 Å². The standard InChI is InChI=1S/C13H22N2O/c1-4-16-13-8-6-5-7-12(13)10-15-11(2)9-14-3/h5-8,11,14-15H,4,9-10H2,1-3H3. The van der Waals surface area contributed by atoms with Crippen LogP contribution in [0.15, 0.2) is 24.3 Å². The van der Waals surface area contributed by atoms with Crippen molar-refractivity contribution in [2.75, 3.05) is 20.2 Å². The maximum Gasteiger partial charge on any atom is 0.123 e. The summed E-state index contributed by atoms with van der Waals surface area (Å²) < 4.78 is 5.57. The Morgan fingerprint density at radius 1 is 1.31 bits per heavy atom. The van der Waals surface area contributed by atoms with E-state index in [1.165, 1.54) is 5.56 Å². The summed E-state index contributed by atoms with van der Waals surface area (Å²) in [5.74, 6) is 0.981. The molecular formula is C13H22N2O. The van der Waals surface area contributed by atoms with Crippen LogP contribution in [0.3, 0.4) is 0 Å². The normalized spacial score (nSPS) is 12.4. The van der Waals surface area contributed by atoms with Gasteiger partial charge in [-0.2, -0.15) is 0 Å². The van der Waals surface area contributed by atoms with Gasteiger partial charge in [0.2, 0.25) is 0 Å². The summed E-state index contributed by atoms with van der Waals surface area (Å²) in [5.41, 5.74) is 1.22. The van der Waals surface area contributed by atoms with E-state index in [0.29, 0.717) is 12.6 Å². The summed E-state index contributed by atoms with van der Waals surface area (Å²) >= 11 is 0. The molecule has 16 heavy (non-hydrogen) atoms. The number of nitrogens with one attached hydrogen (secondary N) is 2. The van der Waals surface area contributed by atoms with Crippen molar-refractivity contribution in [1.82, 2.24) is 10.6 Å². The third kappa shape index (κ3) is 4.21. The molecule has 90 valence electrons. The number of hydrogen-bond acceptors (Lipinski definition) is 3. The first-order valence-corrected chi connectivity index (χ1v) is 5.86. The zero-order valence-corrected chi connectivity index (χ0v) is 10.4. The predicted molar refractivity (Wildman–Crippen MR) is 67.8 cm³/mol. The maximum atomic E-state index is 5.57. The molecule has 0 aliphatic carbocycles. The van der Waals surface area contributed by atoms with Crippen molar-refractivity contribution in [3.8, 4) is 5.75 Å². The quantitative estimate of drug-likeness (QED) is 0.738. The lowest BCUT2D eigenvalue weighted by Gasteiger charge is -2.15. The van der Waals surface area contributed by atoms with Gasteiger partial charge < -0.3 is 15.4 Å². The number of hydrogen-bond donors (Lipinski definition) is 2. The third-order valence-corrected chi connectivity index (χ3v) is 2.42. The first-order chi connectivity index (χ1) is 7.77. The molecular weight excluding hydrogens is 200 g/mol. The predicted octanol–water partition coefficient (Wildman–Crippen LogP) is 1.78. The first kappa shape index (κ1) is 13.0. The zero-order valence-electron chi connectivity index (χ0n) is 10.4. The van der Waals surface area contributed by atoms with E-state index in [1.54, 1.807) is 0 Å². The highest BCUT2D eigenvalue weighted by Crippen LogP contribution is 2.17. The highest BCUT2D eigenvalue weighted by atomic mass is 16.5. The molecule has 0 aromatic heterocycles. The van der Waals surface area contributed by atoms with Gasteiger partial charge in [0.1, 0.15) is 5.75 Å². The molecule has 2 N–H and O–H groups in total. The van der Waals surface area contributed by atoms with Crippen molar-refractivity contribution >= 4 is 0 Å². The lowest BCUT2D eigenvalue weighted by atomic mass is 10.2. The Balaban J connectivity index is 2.52. The van der Waals surface area contributed by atoms with Gasteiger partial charge in [-0.05, 0) is 27.0 Å². The van der Waals surface area contributed by atoms with Crippen LogP contribution in [0.4, 0.5) is 0 Å². The highest BCUT2D eigenvalue weighted by molar-refractivity contribution is 5.33. The van der Waals surface area contributed by atoms with Crippen molar-refractivity contribution in [2.45, 2.75) is 26.4 Å². The van der Waals surface area contributed by atoms with Gasteiger partial charge in [-0.25, -0.2) is 0 Å². The summed E-state index contributed by atoms with van der Waals surface area (Å²) in [6.45, 7) is 6.70. The van der Waals surface area contributed by atoms with E-state index < -0.39 is 0 Å². The molecule has 1 atom stereocenters. The number of ether oxygens (including phenoxy) is 1. The molecule has 0 amide bonds. The molecule has 0 heterocycles. The second-order valence-electron chi connectivity index (χ2n) is 3.88. The number of benzene rings is 1. The molecule has 1 aromatic carbocycles. The van der Waals surface area contributed by atoms with Gasteiger partial charge in [0, 0.05) is 24.7 Å². The van der Waals surface area contributed by atoms with Crippen LogP contribution >= 0.6 is 0 Å². The molecule has 0 bridgehead atoms. The molecule has 1 unspecified atom stereocenters. The molecule has 0 radical (unpaired) electrons. The largest absolute Gasteiger partial charge is 0.494 e. The fraction of sp³-hybridized carbons (Fsp3) is 0.538. The Morgan fingerprint density at radius 3 is 2.75 bits per heavy atom. The Morgan fingerprint density at radius 2 is 2.06 bits per heavy atom. The minimum absolute atomic E-state index is 0.458. The molecule has 1 rings (SSSR count). The molecule has 0 saturated heterocycles. The van der Waals surface area contributed by atoms with Crippen LogP contribution in [0, 0.1) is 0 Å². The Labute approximate surface area is 98.2 Å². The molecule has 0 fully saturated rings. The van der Waals surface area contributed by atoms with Gasteiger partial charge in [0.15, 0.2) is 0 Å². The van der Waals surface area contributed by atoms with Gasteiger partial charge in [-0.1, -0.05) is 18.2 Å². The minimum Gasteiger partial charge on any atom is -0.494 e. The van der Waals surface area contributed by atoms with E-state index in [9.17, 15) is 0 Å². The van der Waals surface area contributed by atoms with Crippen molar-refractivity contribution in [3.05, 3.63) is 29.8 Å². The van der Waals surface area contributed by atoms with E-state index in [4.69, 9.17) is 4.74 Å². The van der Waals surface area contributed by atoms with Gasteiger partial charge in [-0.15, -0.1) is 0 Å². The summed E-state index contributed by atoms with van der Waals surface area (Å²) in [6.07, 6.45) is 0. The minimum atomic E-state index is 0.458. The topological polar surface area (TPSA) is 33.3 Å². The van der Waals surface area contributed by atoms with E-state index in [1.807, 2.05) is 32.2 Å². The molecule has 0 spiro atoms. The summed E-state index contributed by atoms with van der Waals surface area (Å²) in [7, 11) is 1.96. The lowest BCUT2D eigenvalue weighted by Crippen LogP contribution is -2.34. The van der Waals surface area contributed by atoms with Crippen LogP contribution in [0.1, 0.15) is 19.4 Å². The van der Waals surface area contributed by atoms with Gasteiger partial charge >= 0.3 is 0 Å². The summed E-state index contributed by atoms with van der Waals surface area (Å²) in [6, 6.07) is 8.63. The second-order valence-corrected chi connectivity index (χ2v) is 3.88. The summed E-state index contributed by atoms with van der Waals surface area (Å²) in [5, 5.41) is 6.61. The fourth-order valence-electron chi connectivity index (χ4n) is 1.61. The van der Waals surface area contributed by atoms with E-state index >= 15 is 0 Å². The first-order valence-electron chi connectivity index (χ1n) is 5.86. The van der Waals surface area contributed by atoms with Gasteiger partial charge in [0.25, 0.3) is 0 Å². The SMILES string of the molecule is CCOc1ccccc1CNC(C)CNC. The van der Waals surface area contributed by atoms with Crippen LogP contribution in [0.5, 0.6) is 5.75 Å². The maximum absolute atomic E-state index is 5.57. The average molecular weight is 222 g/mol. The third-order valence-electron chi connectivity index (χ3n) is 2.42. The van der Waals surface area contributed by atoms with Crippen LogP contribution in [-0.2, 0) is 6.54 Å².